The first-order valence-corrected chi connectivity index (χ1v) is 4.22. The van der Waals surface area contributed by atoms with Gasteiger partial charge >= 0.3 is 0 Å². The fraction of sp³-hybridized carbons (Fsp3) is 0.222. The van der Waals surface area contributed by atoms with Crippen molar-refractivity contribution in [1.82, 2.24) is 9.78 Å². The van der Waals surface area contributed by atoms with E-state index in [-0.39, 0.29) is 12.4 Å². The number of hydrogen-bond acceptors (Lipinski definition) is 3. The van der Waals surface area contributed by atoms with Crippen LogP contribution < -0.4 is 11.5 Å². The molecule has 0 radical (unpaired) electrons. The molecule has 0 aliphatic rings. The topological polar surface area (TPSA) is 69.9 Å². The van der Waals surface area contributed by atoms with Crippen LogP contribution in [0.4, 0.5) is 5.69 Å². The molecular weight excluding hydrogens is 200 g/mol. The molecule has 0 saturated carbocycles. The number of nitrogens with zero attached hydrogens (tertiary/aromatic N) is 2. The van der Waals surface area contributed by atoms with Gasteiger partial charge in [0.2, 0.25) is 0 Å². The molecule has 0 saturated heterocycles. The highest BCUT2D eigenvalue weighted by atomic mass is 35.5. The van der Waals surface area contributed by atoms with Crippen LogP contribution in [0.2, 0.25) is 0 Å². The summed E-state index contributed by atoms with van der Waals surface area (Å²) in [5.41, 5.74) is 12.9. The number of halogens is 1. The molecule has 2 rings (SSSR count). The van der Waals surface area contributed by atoms with E-state index in [2.05, 4.69) is 5.10 Å². The number of aromatic nitrogens is 2. The zero-order valence-electron chi connectivity index (χ0n) is 7.68. The Morgan fingerprint density at radius 2 is 2.14 bits per heavy atom. The summed E-state index contributed by atoms with van der Waals surface area (Å²) in [5, 5.41) is 5.27. The number of benzene rings is 1. The van der Waals surface area contributed by atoms with Gasteiger partial charge in [-0.15, -0.1) is 12.4 Å². The third-order valence-corrected chi connectivity index (χ3v) is 2.01. The van der Waals surface area contributed by atoms with Crippen molar-refractivity contribution in [2.75, 3.05) is 12.3 Å². The van der Waals surface area contributed by atoms with Crippen LogP contribution in [0.15, 0.2) is 24.4 Å². The SMILES string of the molecule is Cl.NCCn1ncc2cc(N)ccc21. The second kappa shape index (κ2) is 4.30. The first-order valence-electron chi connectivity index (χ1n) is 4.22. The molecule has 4 nitrogen and oxygen atoms in total. The van der Waals surface area contributed by atoms with Crippen molar-refractivity contribution in [3.05, 3.63) is 24.4 Å². The molecule has 0 bridgehead atoms. The van der Waals surface area contributed by atoms with E-state index >= 15 is 0 Å². The molecule has 0 amide bonds. The first-order chi connectivity index (χ1) is 6.31. The third kappa shape index (κ3) is 1.81. The number of anilines is 1. The number of hydrogen-bond donors (Lipinski definition) is 2. The van der Waals surface area contributed by atoms with Gasteiger partial charge in [-0.05, 0) is 18.2 Å². The fourth-order valence-electron chi connectivity index (χ4n) is 1.41. The molecule has 1 aromatic heterocycles. The standard InChI is InChI=1S/C9H12N4.ClH/c10-3-4-13-9-2-1-8(11)5-7(9)6-12-13;/h1-2,5-6H,3-4,10-11H2;1H. The Bertz CT molecular complexity index is 424. The Hall–Kier alpha value is -1.26. The van der Waals surface area contributed by atoms with Crippen LogP contribution in [0.3, 0.4) is 0 Å². The molecule has 2 aromatic rings. The van der Waals surface area contributed by atoms with E-state index in [1.54, 1.807) is 6.20 Å². The lowest BCUT2D eigenvalue weighted by Gasteiger charge is -2.00. The Morgan fingerprint density at radius 3 is 2.86 bits per heavy atom. The number of fused-ring (bicyclic) bond motifs is 1. The van der Waals surface area contributed by atoms with Crippen molar-refractivity contribution in [1.29, 1.82) is 0 Å². The lowest BCUT2D eigenvalue weighted by molar-refractivity contribution is 0.646. The monoisotopic (exact) mass is 212 g/mol. The summed E-state index contributed by atoms with van der Waals surface area (Å²) in [6.07, 6.45) is 1.81. The number of nitrogens with two attached hydrogens (primary N) is 2. The van der Waals surface area contributed by atoms with Crippen LogP contribution in [0.5, 0.6) is 0 Å². The minimum atomic E-state index is 0. The molecule has 0 atom stereocenters. The maximum atomic E-state index is 5.65. The Balaban J connectivity index is 0.000000980. The summed E-state index contributed by atoms with van der Waals surface area (Å²) in [6.45, 7) is 1.34. The van der Waals surface area contributed by atoms with E-state index in [0.717, 1.165) is 23.1 Å². The van der Waals surface area contributed by atoms with Gasteiger partial charge in [-0.2, -0.15) is 5.10 Å². The van der Waals surface area contributed by atoms with E-state index in [1.165, 1.54) is 0 Å². The minimum Gasteiger partial charge on any atom is -0.399 e. The van der Waals surface area contributed by atoms with E-state index in [4.69, 9.17) is 11.5 Å². The van der Waals surface area contributed by atoms with Gasteiger partial charge in [-0.3, -0.25) is 4.68 Å². The maximum Gasteiger partial charge on any atom is 0.0684 e. The summed E-state index contributed by atoms with van der Waals surface area (Å²) in [7, 11) is 0. The summed E-state index contributed by atoms with van der Waals surface area (Å²) < 4.78 is 1.88. The fourth-order valence-corrected chi connectivity index (χ4v) is 1.41. The molecule has 4 N–H and O–H groups in total. The second-order valence-corrected chi connectivity index (χ2v) is 2.97. The van der Waals surface area contributed by atoms with Gasteiger partial charge in [0.1, 0.15) is 0 Å². The summed E-state index contributed by atoms with van der Waals surface area (Å²) in [6, 6.07) is 5.75. The quantitative estimate of drug-likeness (QED) is 0.730. The van der Waals surface area contributed by atoms with Crippen molar-refractivity contribution < 1.29 is 0 Å². The molecule has 0 spiro atoms. The summed E-state index contributed by atoms with van der Waals surface area (Å²) >= 11 is 0. The van der Waals surface area contributed by atoms with Gasteiger partial charge in [0, 0.05) is 17.6 Å². The average molecular weight is 213 g/mol. The second-order valence-electron chi connectivity index (χ2n) is 2.97. The first kappa shape index (κ1) is 10.8. The molecular formula is C9H13ClN4. The normalized spacial score (nSPS) is 10.1. The Morgan fingerprint density at radius 1 is 1.36 bits per heavy atom. The molecule has 1 heterocycles. The highest BCUT2D eigenvalue weighted by Gasteiger charge is 2.00. The number of rotatable bonds is 2. The van der Waals surface area contributed by atoms with E-state index in [1.807, 2.05) is 22.9 Å². The highest BCUT2D eigenvalue weighted by Crippen LogP contribution is 2.16. The lowest BCUT2D eigenvalue weighted by atomic mass is 10.2. The van der Waals surface area contributed by atoms with Crippen LogP contribution in [0.25, 0.3) is 10.9 Å². The van der Waals surface area contributed by atoms with Crippen LogP contribution >= 0.6 is 12.4 Å². The van der Waals surface area contributed by atoms with E-state index in [9.17, 15) is 0 Å². The third-order valence-electron chi connectivity index (χ3n) is 2.01. The Labute approximate surface area is 88.3 Å². The molecule has 0 unspecified atom stereocenters. The molecule has 5 heteroatoms. The lowest BCUT2D eigenvalue weighted by Crippen LogP contribution is -2.10. The predicted molar refractivity (Wildman–Crippen MR) is 60.4 cm³/mol. The van der Waals surface area contributed by atoms with Gasteiger partial charge in [0.25, 0.3) is 0 Å². The van der Waals surface area contributed by atoms with Crippen LogP contribution in [0.1, 0.15) is 0 Å². The van der Waals surface area contributed by atoms with E-state index in [0.29, 0.717) is 6.54 Å². The number of nitrogen functional groups attached to an aromatic ring is 1. The molecule has 0 aliphatic heterocycles. The highest BCUT2D eigenvalue weighted by molar-refractivity contribution is 5.85. The van der Waals surface area contributed by atoms with Crippen molar-refractivity contribution in [2.24, 2.45) is 5.73 Å². The maximum absolute atomic E-state index is 5.65. The Kier molecular flexibility index (Phi) is 3.33. The summed E-state index contributed by atoms with van der Waals surface area (Å²) in [5.74, 6) is 0. The minimum absolute atomic E-state index is 0. The molecule has 0 fully saturated rings. The molecule has 14 heavy (non-hydrogen) atoms. The van der Waals surface area contributed by atoms with Crippen molar-refractivity contribution in [3.8, 4) is 0 Å². The van der Waals surface area contributed by atoms with Gasteiger partial charge in [-0.1, -0.05) is 0 Å². The van der Waals surface area contributed by atoms with Crippen LogP contribution in [-0.2, 0) is 6.54 Å². The van der Waals surface area contributed by atoms with Crippen molar-refractivity contribution in [2.45, 2.75) is 6.54 Å². The van der Waals surface area contributed by atoms with Gasteiger partial charge in [0.15, 0.2) is 0 Å². The van der Waals surface area contributed by atoms with Crippen molar-refractivity contribution in [3.63, 3.8) is 0 Å². The zero-order chi connectivity index (χ0) is 9.26. The van der Waals surface area contributed by atoms with Gasteiger partial charge in [0.05, 0.1) is 18.3 Å². The van der Waals surface area contributed by atoms with E-state index < -0.39 is 0 Å². The smallest absolute Gasteiger partial charge is 0.0684 e. The van der Waals surface area contributed by atoms with Crippen LogP contribution in [0, 0.1) is 0 Å². The molecule has 0 aliphatic carbocycles. The van der Waals surface area contributed by atoms with Crippen LogP contribution in [-0.4, -0.2) is 16.3 Å². The molecule has 76 valence electrons. The van der Waals surface area contributed by atoms with Gasteiger partial charge < -0.3 is 11.5 Å². The largest absolute Gasteiger partial charge is 0.399 e. The average Bonchev–Trinajstić information content (AvgIpc) is 2.49. The predicted octanol–water partition coefficient (Wildman–Crippen LogP) is 0.999. The van der Waals surface area contributed by atoms with Crippen molar-refractivity contribution >= 4 is 29.0 Å². The molecule has 1 aromatic carbocycles. The van der Waals surface area contributed by atoms with Gasteiger partial charge in [-0.25, -0.2) is 0 Å². The summed E-state index contributed by atoms with van der Waals surface area (Å²) in [4.78, 5) is 0. The zero-order valence-corrected chi connectivity index (χ0v) is 8.50.